The lowest BCUT2D eigenvalue weighted by molar-refractivity contribution is -0.0112. The van der Waals surface area contributed by atoms with Gasteiger partial charge < -0.3 is 14.6 Å². The average Bonchev–Trinajstić information content (AvgIpc) is 2.43. The van der Waals surface area contributed by atoms with E-state index in [4.69, 9.17) is 14.6 Å². The van der Waals surface area contributed by atoms with Gasteiger partial charge in [-0.05, 0) is 38.3 Å². The van der Waals surface area contributed by atoms with Gasteiger partial charge in [-0.3, -0.25) is 0 Å². The average molecular weight is 266 g/mol. The third-order valence-corrected chi connectivity index (χ3v) is 2.97. The molecule has 0 aliphatic rings. The van der Waals surface area contributed by atoms with E-state index in [0.29, 0.717) is 6.61 Å². The van der Waals surface area contributed by atoms with E-state index in [-0.39, 0.29) is 18.8 Å². The fourth-order valence-corrected chi connectivity index (χ4v) is 1.80. The van der Waals surface area contributed by atoms with Crippen LogP contribution in [0.3, 0.4) is 0 Å². The number of hydrogen-bond acceptors (Lipinski definition) is 3. The zero-order valence-electron chi connectivity index (χ0n) is 12.3. The summed E-state index contributed by atoms with van der Waals surface area (Å²) >= 11 is 0. The number of aliphatic hydroxyl groups is 1. The number of hydrogen-bond donors (Lipinski definition) is 1. The molecule has 0 aliphatic heterocycles. The summed E-state index contributed by atoms with van der Waals surface area (Å²) in [5, 5.41) is 8.91. The van der Waals surface area contributed by atoms with Gasteiger partial charge in [0.25, 0.3) is 0 Å². The lowest BCUT2D eigenvalue weighted by Crippen LogP contribution is -2.24. The molecule has 0 spiro atoms. The molecule has 1 N–H and O–H groups in total. The zero-order chi connectivity index (χ0) is 14.1. The lowest BCUT2D eigenvalue weighted by Gasteiger charge is -2.19. The molecule has 1 rings (SSSR count). The molecule has 1 aromatic carbocycles. The van der Waals surface area contributed by atoms with E-state index in [1.807, 2.05) is 32.0 Å². The molecule has 0 amide bonds. The summed E-state index contributed by atoms with van der Waals surface area (Å²) in [5.41, 5.74) is 1.26. The van der Waals surface area contributed by atoms with Crippen molar-refractivity contribution in [2.45, 2.75) is 52.2 Å². The highest BCUT2D eigenvalue weighted by molar-refractivity contribution is 5.33. The topological polar surface area (TPSA) is 38.7 Å². The van der Waals surface area contributed by atoms with Gasteiger partial charge in [0.1, 0.15) is 11.9 Å². The second-order valence-electron chi connectivity index (χ2n) is 4.97. The molecule has 2 atom stereocenters. The minimum absolute atomic E-state index is 0.0169. The fraction of sp³-hybridized carbons (Fsp3) is 0.625. The predicted octanol–water partition coefficient (Wildman–Crippen LogP) is 3.19. The summed E-state index contributed by atoms with van der Waals surface area (Å²) in [5.74, 6) is 0.948. The molecule has 0 heterocycles. The van der Waals surface area contributed by atoms with E-state index in [1.54, 1.807) is 0 Å². The van der Waals surface area contributed by atoms with Crippen molar-refractivity contribution in [2.75, 3.05) is 13.2 Å². The molecule has 19 heavy (non-hydrogen) atoms. The second kappa shape index (κ2) is 8.94. The van der Waals surface area contributed by atoms with Crippen LogP contribution in [0.4, 0.5) is 0 Å². The Morgan fingerprint density at radius 3 is 2.58 bits per heavy atom. The van der Waals surface area contributed by atoms with Crippen LogP contribution in [0.15, 0.2) is 24.3 Å². The first-order valence-corrected chi connectivity index (χ1v) is 7.14. The number of unbranched alkanes of at least 4 members (excludes halogenated alkanes) is 1. The summed E-state index contributed by atoms with van der Waals surface area (Å²) in [6, 6.07) is 8.17. The van der Waals surface area contributed by atoms with Gasteiger partial charge in [0, 0.05) is 0 Å². The number of aryl methyl sites for hydroxylation is 1. The Labute approximate surface area is 116 Å². The molecule has 0 bridgehead atoms. The second-order valence-corrected chi connectivity index (χ2v) is 4.97. The van der Waals surface area contributed by atoms with Crippen LogP contribution in [0, 0.1) is 0 Å². The summed E-state index contributed by atoms with van der Waals surface area (Å²) in [6.07, 6.45) is 3.25. The molecule has 1 aromatic rings. The van der Waals surface area contributed by atoms with Crippen LogP contribution in [0.2, 0.25) is 0 Å². The molecule has 0 aromatic heterocycles. The summed E-state index contributed by atoms with van der Waals surface area (Å²) in [6.45, 7) is 6.56. The molecule has 0 radical (unpaired) electrons. The number of ether oxygens (including phenoxy) is 2. The van der Waals surface area contributed by atoms with Crippen LogP contribution in [0.25, 0.3) is 0 Å². The van der Waals surface area contributed by atoms with Crippen molar-refractivity contribution in [3.63, 3.8) is 0 Å². The van der Waals surface area contributed by atoms with Crippen LogP contribution >= 0.6 is 0 Å². The molecule has 2 unspecified atom stereocenters. The maximum Gasteiger partial charge on any atom is 0.123 e. The van der Waals surface area contributed by atoms with Gasteiger partial charge in [0.05, 0.1) is 19.3 Å². The Kier molecular flexibility index (Phi) is 7.53. The largest absolute Gasteiger partial charge is 0.488 e. The molecule has 0 aliphatic carbocycles. The first-order chi connectivity index (χ1) is 9.17. The Balaban J connectivity index is 2.50. The monoisotopic (exact) mass is 266 g/mol. The molecule has 0 fully saturated rings. The van der Waals surface area contributed by atoms with Crippen molar-refractivity contribution >= 4 is 0 Å². The van der Waals surface area contributed by atoms with E-state index < -0.39 is 0 Å². The standard InChI is InChI=1S/C16H26O3/c1-4-5-8-15-9-6-7-10-16(15)19-14(3)12-18-13(2)11-17/h6-7,9-10,13-14,17H,4-5,8,11-12H2,1-3H3. The Morgan fingerprint density at radius 2 is 1.89 bits per heavy atom. The maximum atomic E-state index is 8.91. The first-order valence-electron chi connectivity index (χ1n) is 7.14. The van der Waals surface area contributed by atoms with Crippen molar-refractivity contribution in [2.24, 2.45) is 0 Å². The SMILES string of the molecule is CCCCc1ccccc1OC(C)COC(C)CO. The van der Waals surface area contributed by atoms with Crippen LogP contribution in [-0.4, -0.2) is 30.5 Å². The highest BCUT2D eigenvalue weighted by atomic mass is 16.5. The van der Waals surface area contributed by atoms with Gasteiger partial charge in [-0.25, -0.2) is 0 Å². The highest BCUT2D eigenvalue weighted by Gasteiger charge is 2.10. The van der Waals surface area contributed by atoms with Crippen molar-refractivity contribution < 1.29 is 14.6 Å². The molecule has 3 nitrogen and oxygen atoms in total. The van der Waals surface area contributed by atoms with Crippen molar-refractivity contribution in [1.82, 2.24) is 0 Å². The summed E-state index contributed by atoms with van der Waals surface area (Å²) in [4.78, 5) is 0. The minimum atomic E-state index is -0.138. The van der Waals surface area contributed by atoms with Gasteiger partial charge in [0.2, 0.25) is 0 Å². The molecule has 0 saturated heterocycles. The number of rotatable bonds is 9. The Bertz CT molecular complexity index is 352. The predicted molar refractivity (Wildman–Crippen MR) is 77.6 cm³/mol. The van der Waals surface area contributed by atoms with Gasteiger partial charge in [0.15, 0.2) is 0 Å². The fourth-order valence-electron chi connectivity index (χ4n) is 1.80. The van der Waals surface area contributed by atoms with Crippen molar-refractivity contribution in [1.29, 1.82) is 0 Å². The summed E-state index contributed by atoms with van der Waals surface area (Å²) < 4.78 is 11.4. The molecule has 0 saturated carbocycles. The molecular formula is C16H26O3. The first kappa shape index (κ1) is 16.0. The Hall–Kier alpha value is -1.06. The van der Waals surface area contributed by atoms with Crippen LogP contribution in [-0.2, 0) is 11.2 Å². The van der Waals surface area contributed by atoms with E-state index >= 15 is 0 Å². The third kappa shape index (κ3) is 6.08. The third-order valence-electron chi connectivity index (χ3n) is 2.97. The smallest absolute Gasteiger partial charge is 0.123 e. The summed E-state index contributed by atoms with van der Waals surface area (Å²) in [7, 11) is 0. The highest BCUT2D eigenvalue weighted by Crippen LogP contribution is 2.21. The van der Waals surface area contributed by atoms with E-state index in [2.05, 4.69) is 13.0 Å². The molecule has 3 heteroatoms. The van der Waals surface area contributed by atoms with Crippen LogP contribution in [0.5, 0.6) is 5.75 Å². The van der Waals surface area contributed by atoms with Crippen molar-refractivity contribution in [3.05, 3.63) is 29.8 Å². The minimum Gasteiger partial charge on any atom is -0.488 e. The van der Waals surface area contributed by atoms with Crippen LogP contribution in [0.1, 0.15) is 39.2 Å². The number of aliphatic hydroxyl groups excluding tert-OH is 1. The molecular weight excluding hydrogens is 240 g/mol. The van der Waals surface area contributed by atoms with E-state index in [9.17, 15) is 0 Å². The van der Waals surface area contributed by atoms with Gasteiger partial charge in [-0.1, -0.05) is 31.5 Å². The lowest BCUT2D eigenvalue weighted by atomic mass is 10.1. The zero-order valence-corrected chi connectivity index (χ0v) is 12.3. The molecule has 108 valence electrons. The van der Waals surface area contributed by atoms with Gasteiger partial charge in [-0.15, -0.1) is 0 Å². The number of benzene rings is 1. The van der Waals surface area contributed by atoms with Crippen molar-refractivity contribution in [3.8, 4) is 5.75 Å². The quantitative estimate of drug-likeness (QED) is 0.746. The number of para-hydroxylation sites is 1. The normalized spacial score (nSPS) is 14.1. The van der Waals surface area contributed by atoms with Crippen LogP contribution < -0.4 is 4.74 Å². The Morgan fingerprint density at radius 1 is 1.16 bits per heavy atom. The van der Waals surface area contributed by atoms with Gasteiger partial charge >= 0.3 is 0 Å². The van der Waals surface area contributed by atoms with Gasteiger partial charge in [-0.2, -0.15) is 0 Å². The maximum absolute atomic E-state index is 8.91. The van der Waals surface area contributed by atoms with E-state index in [1.165, 1.54) is 18.4 Å². The van der Waals surface area contributed by atoms with E-state index in [0.717, 1.165) is 12.2 Å².